The zero-order valence-corrected chi connectivity index (χ0v) is 25.8. The van der Waals surface area contributed by atoms with E-state index in [1.165, 1.54) is 43.4 Å². The minimum atomic E-state index is -1.35. The van der Waals surface area contributed by atoms with Crippen molar-refractivity contribution in [3.63, 3.8) is 0 Å². The van der Waals surface area contributed by atoms with Gasteiger partial charge in [0.25, 0.3) is 0 Å². The lowest BCUT2D eigenvalue weighted by Gasteiger charge is -2.29. The third-order valence-electron chi connectivity index (χ3n) is 7.79. The number of carbonyl (C=O) groups is 4. The smallest absolute Gasteiger partial charge is 0.408 e. The lowest BCUT2D eigenvalue weighted by Crippen LogP contribution is -2.36. The predicted octanol–water partition coefficient (Wildman–Crippen LogP) is 6.46. The molecule has 0 saturated carbocycles. The summed E-state index contributed by atoms with van der Waals surface area (Å²) in [6.07, 6.45) is 6.45. The number of benzene rings is 2. The van der Waals surface area contributed by atoms with E-state index in [1.807, 2.05) is 0 Å². The SMILES string of the molecule is C=CCC(=O)N1[C@@H](/C=C/C(=O)OC)CC[C@H]1c1cc(F)c(F)cc1F.COC(=O)/C=C/[C@H]1CC[C@@H](c2cc(F)c(F)cc2F)N1C(=O)O. The van der Waals surface area contributed by atoms with Crippen LogP contribution in [0.2, 0.25) is 0 Å². The Kier molecular flexibility index (Phi) is 13.0. The highest BCUT2D eigenvalue weighted by molar-refractivity contribution is 5.83. The minimum absolute atomic E-state index is 0.00433. The molecule has 15 heteroatoms. The Morgan fingerprint density at radius 1 is 0.708 bits per heavy atom. The summed E-state index contributed by atoms with van der Waals surface area (Å²) in [4.78, 5) is 48.6. The second-order valence-electron chi connectivity index (χ2n) is 10.6. The summed E-state index contributed by atoms with van der Waals surface area (Å²) in [6.45, 7) is 3.50. The molecule has 0 bridgehead atoms. The number of carbonyl (C=O) groups excluding carboxylic acids is 3. The van der Waals surface area contributed by atoms with Crippen LogP contribution >= 0.6 is 0 Å². The van der Waals surface area contributed by atoms with Crippen molar-refractivity contribution in [2.24, 2.45) is 0 Å². The van der Waals surface area contributed by atoms with Crippen LogP contribution in [0.25, 0.3) is 0 Å². The third kappa shape index (κ3) is 8.83. The average Bonchev–Trinajstić information content (AvgIpc) is 3.67. The molecular weight excluding hydrogens is 650 g/mol. The molecular formula is C33H32F6N2O7. The number of amides is 2. The van der Waals surface area contributed by atoms with E-state index in [2.05, 4.69) is 16.1 Å². The van der Waals surface area contributed by atoms with Crippen LogP contribution in [0.3, 0.4) is 0 Å². The summed E-state index contributed by atoms with van der Waals surface area (Å²) < 4.78 is 90.1. The lowest BCUT2D eigenvalue weighted by molar-refractivity contribution is -0.135. The quantitative estimate of drug-likeness (QED) is 0.112. The van der Waals surface area contributed by atoms with Gasteiger partial charge in [-0.2, -0.15) is 0 Å². The molecule has 9 nitrogen and oxygen atoms in total. The number of carboxylic acid groups (broad SMARTS) is 1. The van der Waals surface area contributed by atoms with Crippen molar-refractivity contribution >= 4 is 23.9 Å². The lowest BCUT2D eigenvalue weighted by atomic mass is 10.0. The maximum Gasteiger partial charge on any atom is 0.408 e. The van der Waals surface area contributed by atoms with Gasteiger partial charge < -0.3 is 19.5 Å². The van der Waals surface area contributed by atoms with E-state index in [4.69, 9.17) is 0 Å². The molecule has 0 spiro atoms. The summed E-state index contributed by atoms with van der Waals surface area (Å²) >= 11 is 0. The normalized spacial score (nSPS) is 20.5. The molecule has 258 valence electrons. The van der Waals surface area contributed by atoms with E-state index in [1.54, 1.807) is 0 Å². The van der Waals surface area contributed by atoms with Crippen LogP contribution in [0.15, 0.2) is 61.2 Å². The summed E-state index contributed by atoms with van der Waals surface area (Å²) in [7, 11) is 2.40. The Bertz CT molecular complexity index is 1620. The second kappa shape index (κ2) is 16.7. The first-order chi connectivity index (χ1) is 22.7. The van der Waals surface area contributed by atoms with Crippen LogP contribution in [0.4, 0.5) is 31.1 Å². The Labute approximate surface area is 271 Å². The molecule has 2 fully saturated rings. The maximum atomic E-state index is 14.1. The van der Waals surface area contributed by atoms with Crippen molar-refractivity contribution in [3.05, 3.63) is 107 Å². The van der Waals surface area contributed by atoms with Crippen LogP contribution in [-0.4, -0.2) is 65.1 Å². The highest BCUT2D eigenvalue weighted by Crippen LogP contribution is 2.40. The fourth-order valence-corrected chi connectivity index (χ4v) is 5.63. The van der Waals surface area contributed by atoms with Gasteiger partial charge in [0.2, 0.25) is 5.91 Å². The number of hydrogen-bond donors (Lipinski definition) is 1. The van der Waals surface area contributed by atoms with Gasteiger partial charge in [0.05, 0.1) is 38.4 Å². The zero-order chi connectivity index (χ0) is 35.7. The van der Waals surface area contributed by atoms with Gasteiger partial charge in [0.1, 0.15) is 11.6 Å². The second-order valence-corrected chi connectivity index (χ2v) is 10.6. The number of nitrogens with zero attached hydrogens (tertiary/aromatic N) is 2. The number of halogens is 6. The van der Waals surface area contributed by atoms with Crippen molar-refractivity contribution in [2.75, 3.05) is 14.2 Å². The molecule has 2 aromatic carbocycles. The molecule has 2 saturated heterocycles. The largest absolute Gasteiger partial charge is 0.466 e. The number of esters is 2. The van der Waals surface area contributed by atoms with Crippen LogP contribution in [0.5, 0.6) is 0 Å². The van der Waals surface area contributed by atoms with Crippen molar-refractivity contribution in [1.82, 2.24) is 9.80 Å². The molecule has 2 heterocycles. The molecule has 2 aromatic rings. The van der Waals surface area contributed by atoms with Gasteiger partial charge in [-0.25, -0.2) is 40.7 Å². The van der Waals surface area contributed by atoms with Gasteiger partial charge >= 0.3 is 18.0 Å². The van der Waals surface area contributed by atoms with Crippen LogP contribution < -0.4 is 0 Å². The Morgan fingerprint density at radius 3 is 1.50 bits per heavy atom. The molecule has 2 aliphatic heterocycles. The molecule has 0 aliphatic carbocycles. The number of hydrogen-bond acceptors (Lipinski definition) is 6. The molecule has 4 rings (SSSR count). The summed E-state index contributed by atoms with van der Waals surface area (Å²) in [5, 5.41) is 9.34. The molecule has 4 atom stereocenters. The number of methoxy groups -OCH3 is 2. The molecule has 0 aromatic heterocycles. The molecule has 2 aliphatic rings. The number of rotatable bonds is 8. The fourth-order valence-electron chi connectivity index (χ4n) is 5.63. The van der Waals surface area contributed by atoms with Crippen molar-refractivity contribution in [1.29, 1.82) is 0 Å². The van der Waals surface area contributed by atoms with Crippen LogP contribution in [0, 0.1) is 34.9 Å². The third-order valence-corrected chi connectivity index (χ3v) is 7.79. The van der Waals surface area contributed by atoms with Crippen molar-refractivity contribution in [2.45, 2.75) is 56.3 Å². The van der Waals surface area contributed by atoms with Crippen molar-refractivity contribution in [3.8, 4) is 0 Å². The number of ether oxygens (including phenoxy) is 2. The average molecular weight is 683 g/mol. The Balaban J connectivity index is 0.000000261. The van der Waals surface area contributed by atoms with E-state index in [-0.39, 0.29) is 29.9 Å². The highest BCUT2D eigenvalue weighted by atomic mass is 19.2. The summed E-state index contributed by atoms with van der Waals surface area (Å²) in [5.74, 6) is -8.58. The van der Waals surface area contributed by atoms with Crippen LogP contribution in [0.1, 0.15) is 55.3 Å². The van der Waals surface area contributed by atoms with Gasteiger partial charge in [0.15, 0.2) is 23.3 Å². The van der Waals surface area contributed by atoms with E-state index in [0.717, 1.165) is 17.0 Å². The first-order valence-electron chi connectivity index (χ1n) is 14.5. The molecule has 0 unspecified atom stereocenters. The monoisotopic (exact) mass is 682 g/mol. The van der Waals surface area contributed by atoms with Crippen molar-refractivity contribution < 1.29 is 60.1 Å². The van der Waals surface area contributed by atoms with Gasteiger partial charge in [-0.15, -0.1) is 6.58 Å². The minimum Gasteiger partial charge on any atom is -0.466 e. The standard InChI is InChI=1S/C18H18F3NO3.C15H14F3NO4/c1-3-4-17(23)22-11(6-8-18(24)25-2)5-7-16(22)12-9-14(20)15(21)10-13(12)19;1-23-14(20)5-3-8-2-4-13(19(8)15(21)22)9-6-11(17)12(18)7-10(9)16/h3,6,8-11,16H,1,4-5,7H2,2H3;3,5-8,13H,2,4H2,1H3,(H,21,22)/b8-6+;5-3+/t11-,16+;8-,13+/m11/s1. The van der Waals surface area contributed by atoms with E-state index in [0.29, 0.717) is 37.5 Å². The van der Waals surface area contributed by atoms with E-state index in [9.17, 15) is 50.6 Å². The number of likely N-dealkylation sites (tertiary alicyclic amines) is 2. The van der Waals surface area contributed by atoms with Gasteiger partial charge in [-0.1, -0.05) is 18.2 Å². The van der Waals surface area contributed by atoms with Crippen LogP contribution in [-0.2, 0) is 23.9 Å². The zero-order valence-electron chi connectivity index (χ0n) is 25.8. The van der Waals surface area contributed by atoms with Gasteiger partial charge in [0, 0.05) is 41.8 Å². The highest BCUT2D eigenvalue weighted by Gasteiger charge is 2.39. The topological polar surface area (TPSA) is 113 Å². The van der Waals surface area contributed by atoms with Gasteiger partial charge in [-0.3, -0.25) is 9.69 Å². The van der Waals surface area contributed by atoms with Gasteiger partial charge in [-0.05, 0) is 37.8 Å². The Morgan fingerprint density at radius 2 is 1.10 bits per heavy atom. The van der Waals surface area contributed by atoms with E-state index >= 15 is 0 Å². The summed E-state index contributed by atoms with van der Waals surface area (Å²) in [5.41, 5.74) is -0.328. The molecule has 1 N–H and O–H groups in total. The Hall–Kier alpha value is -5.08. The molecule has 48 heavy (non-hydrogen) atoms. The molecule has 0 radical (unpaired) electrons. The fraction of sp³-hybridized carbons (Fsp3) is 0.333. The molecule has 2 amide bonds. The first-order valence-corrected chi connectivity index (χ1v) is 14.5. The van der Waals surface area contributed by atoms with E-state index < -0.39 is 77.1 Å². The first kappa shape index (κ1) is 37.4. The predicted molar refractivity (Wildman–Crippen MR) is 158 cm³/mol. The summed E-state index contributed by atoms with van der Waals surface area (Å²) in [6, 6.07) is -0.591. The maximum absolute atomic E-state index is 14.1.